The van der Waals surface area contributed by atoms with Crippen LogP contribution in [0.3, 0.4) is 0 Å². The van der Waals surface area contributed by atoms with Gasteiger partial charge in [0.05, 0.1) is 10.2 Å². The normalized spacial score (nSPS) is 17.3. The number of nitrogen functional groups attached to an aromatic ring is 1. The summed E-state index contributed by atoms with van der Waals surface area (Å²) in [6.07, 6.45) is 5.14. The molecule has 1 aromatic carbocycles. The molecule has 1 aliphatic rings. The number of anilines is 1. The molecule has 0 unspecified atom stereocenters. The van der Waals surface area contributed by atoms with Gasteiger partial charge in [-0.05, 0) is 62.4 Å². The fourth-order valence-electron chi connectivity index (χ4n) is 2.68. The van der Waals surface area contributed by atoms with Gasteiger partial charge < -0.3 is 11.1 Å². The van der Waals surface area contributed by atoms with E-state index < -0.39 is 0 Å². The van der Waals surface area contributed by atoms with Crippen LogP contribution in [0.1, 0.15) is 24.8 Å². The number of nitrogens with two attached hydrogens (primary N) is 1. The Morgan fingerprint density at radius 3 is 3.00 bits per heavy atom. The van der Waals surface area contributed by atoms with Crippen LogP contribution in [0.15, 0.2) is 18.2 Å². The summed E-state index contributed by atoms with van der Waals surface area (Å²) >= 11 is 1.58. The van der Waals surface area contributed by atoms with E-state index in [0.29, 0.717) is 5.13 Å². The van der Waals surface area contributed by atoms with Crippen LogP contribution in [0.5, 0.6) is 0 Å². The maximum absolute atomic E-state index is 5.73. The number of fused-ring (bicyclic) bond motifs is 1. The molecule has 96 valence electrons. The third-order valence-corrected chi connectivity index (χ3v) is 4.62. The second-order valence-corrected chi connectivity index (χ2v) is 6.15. The quantitative estimate of drug-likeness (QED) is 0.893. The second kappa shape index (κ2) is 5.24. The van der Waals surface area contributed by atoms with Crippen LogP contribution in [-0.4, -0.2) is 18.1 Å². The smallest absolute Gasteiger partial charge is 0.181 e. The number of nitrogens with zero attached hydrogens (tertiary/aromatic N) is 1. The maximum Gasteiger partial charge on any atom is 0.181 e. The Morgan fingerprint density at radius 1 is 1.33 bits per heavy atom. The van der Waals surface area contributed by atoms with Crippen LogP contribution in [-0.2, 0) is 6.42 Å². The predicted octanol–water partition coefficient (Wildman–Crippen LogP) is 2.81. The van der Waals surface area contributed by atoms with Gasteiger partial charge in [-0.1, -0.05) is 17.4 Å². The Morgan fingerprint density at radius 2 is 2.17 bits per heavy atom. The summed E-state index contributed by atoms with van der Waals surface area (Å²) in [5, 5.41) is 4.09. The molecule has 1 aromatic heterocycles. The first-order valence-electron chi connectivity index (χ1n) is 6.67. The molecule has 0 amide bonds. The molecule has 3 nitrogen and oxygen atoms in total. The predicted molar refractivity (Wildman–Crippen MR) is 77.9 cm³/mol. The highest BCUT2D eigenvalue weighted by Gasteiger charge is 2.12. The topological polar surface area (TPSA) is 50.9 Å². The average molecular weight is 261 g/mol. The molecule has 3 rings (SSSR count). The molecule has 0 spiro atoms. The van der Waals surface area contributed by atoms with E-state index >= 15 is 0 Å². The van der Waals surface area contributed by atoms with Crippen LogP contribution < -0.4 is 11.1 Å². The van der Waals surface area contributed by atoms with Gasteiger partial charge in [-0.25, -0.2) is 4.98 Å². The summed E-state index contributed by atoms with van der Waals surface area (Å²) in [4.78, 5) is 4.29. The van der Waals surface area contributed by atoms with Crippen LogP contribution in [0.2, 0.25) is 0 Å². The molecule has 0 atom stereocenters. The number of hydrogen-bond donors (Lipinski definition) is 2. The van der Waals surface area contributed by atoms with Gasteiger partial charge in [0.25, 0.3) is 0 Å². The highest BCUT2D eigenvalue weighted by Crippen LogP contribution is 2.26. The van der Waals surface area contributed by atoms with Gasteiger partial charge in [0.1, 0.15) is 0 Å². The number of hydrogen-bond acceptors (Lipinski definition) is 4. The van der Waals surface area contributed by atoms with E-state index in [1.165, 1.54) is 49.0 Å². The highest BCUT2D eigenvalue weighted by molar-refractivity contribution is 7.22. The lowest BCUT2D eigenvalue weighted by molar-refractivity contribution is 0.354. The molecule has 2 aromatic rings. The van der Waals surface area contributed by atoms with Crippen molar-refractivity contribution in [2.24, 2.45) is 5.92 Å². The molecule has 0 saturated carbocycles. The van der Waals surface area contributed by atoms with Crippen molar-refractivity contribution < 1.29 is 0 Å². The van der Waals surface area contributed by atoms with Crippen LogP contribution in [0.25, 0.3) is 10.2 Å². The summed E-state index contributed by atoms with van der Waals surface area (Å²) in [5.74, 6) is 0.897. The zero-order chi connectivity index (χ0) is 12.4. The van der Waals surface area contributed by atoms with Gasteiger partial charge in [-0.3, -0.25) is 0 Å². The molecule has 0 bridgehead atoms. The Balaban J connectivity index is 1.66. The lowest BCUT2D eigenvalue weighted by Crippen LogP contribution is -2.27. The monoisotopic (exact) mass is 261 g/mol. The average Bonchev–Trinajstić information content (AvgIpc) is 2.77. The SMILES string of the molecule is Nc1nc2ccc(CCC3CCNCC3)cc2s1. The zero-order valence-electron chi connectivity index (χ0n) is 10.5. The Kier molecular flexibility index (Phi) is 3.48. The lowest BCUT2D eigenvalue weighted by Gasteiger charge is -2.22. The van der Waals surface area contributed by atoms with Crippen molar-refractivity contribution in [1.29, 1.82) is 0 Å². The van der Waals surface area contributed by atoms with Crippen LogP contribution >= 0.6 is 11.3 Å². The van der Waals surface area contributed by atoms with Gasteiger partial charge in [0.15, 0.2) is 5.13 Å². The van der Waals surface area contributed by atoms with E-state index in [9.17, 15) is 0 Å². The van der Waals surface area contributed by atoms with Crippen LogP contribution in [0, 0.1) is 5.92 Å². The number of aromatic nitrogens is 1. The largest absolute Gasteiger partial charge is 0.375 e. The van der Waals surface area contributed by atoms with Crippen molar-refractivity contribution in [3.63, 3.8) is 0 Å². The van der Waals surface area contributed by atoms with E-state index in [2.05, 4.69) is 28.5 Å². The van der Waals surface area contributed by atoms with Gasteiger partial charge in [0, 0.05) is 0 Å². The molecule has 18 heavy (non-hydrogen) atoms. The Labute approximate surface area is 111 Å². The third-order valence-electron chi connectivity index (χ3n) is 3.77. The standard InChI is InChI=1S/C14H19N3S/c15-14-17-12-4-3-11(9-13(12)18-14)2-1-10-5-7-16-8-6-10/h3-4,9-10,16H,1-2,5-8H2,(H2,15,17). The molecule has 3 N–H and O–H groups in total. The molecular weight excluding hydrogens is 242 g/mol. The van der Waals surface area contributed by atoms with E-state index in [4.69, 9.17) is 5.73 Å². The first kappa shape index (κ1) is 11.9. The highest BCUT2D eigenvalue weighted by atomic mass is 32.1. The van der Waals surface area contributed by atoms with Crippen molar-refractivity contribution >= 4 is 26.7 Å². The minimum atomic E-state index is 0.667. The second-order valence-electron chi connectivity index (χ2n) is 5.09. The molecule has 0 aliphatic carbocycles. The van der Waals surface area contributed by atoms with Gasteiger partial charge in [-0.2, -0.15) is 0 Å². The molecule has 2 heterocycles. The number of aryl methyl sites for hydroxylation is 1. The van der Waals surface area contributed by atoms with E-state index in [0.717, 1.165) is 11.4 Å². The fourth-order valence-corrected chi connectivity index (χ4v) is 3.48. The minimum absolute atomic E-state index is 0.667. The summed E-state index contributed by atoms with van der Waals surface area (Å²) < 4.78 is 1.22. The Bertz CT molecular complexity index is 529. The molecule has 1 fully saturated rings. The summed E-state index contributed by atoms with van der Waals surface area (Å²) in [7, 11) is 0. The van der Waals surface area contributed by atoms with Crippen molar-refractivity contribution in [3.05, 3.63) is 23.8 Å². The zero-order valence-corrected chi connectivity index (χ0v) is 11.3. The number of thiazole rings is 1. The minimum Gasteiger partial charge on any atom is -0.375 e. The molecular formula is C14H19N3S. The van der Waals surface area contributed by atoms with Crippen LogP contribution in [0.4, 0.5) is 5.13 Å². The first-order chi connectivity index (χ1) is 8.81. The molecule has 0 radical (unpaired) electrons. The molecule has 1 aliphatic heterocycles. The van der Waals surface area contributed by atoms with Crippen molar-refractivity contribution in [3.8, 4) is 0 Å². The van der Waals surface area contributed by atoms with Gasteiger partial charge in [-0.15, -0.1) is 0 Å². The van der Waals surface area contributed by atoms with Crippen molar-refractivity contribution in [2.75, 3.05) is 18.8 Å². The fraction of sp³-hybridized carbons (Fsp3) is 0.500. The summed E-state index contributed by atoms with van der Waals surface area (Å²) in [6.45, 7) is 2.38. The Hall–Kier alpha value is -1.13. The van der Waals surface area contributed by atoms with Gasteiger partial charge >= 0.3 is 0 Å². The lowest BCUT2D eigenvalue weighted by atomic mass is 9.91. The third kappa shape index (κ3) is 2.65. The molecule has 1 saturated heterocycles. The summed E-state index contributed by atoms with van der Waals surface area (Å²) in [6, 6.07) is 6.55. The number of rotatable bonds is 3. The van der Waals surface area contributed by atoms with Crippen molar-refractivity contribution in [1.82, 2.24) is 10.3 Å². The number of piperidine rings is 1. The van der Waals surface area contributed by atoms with E-state index in [-0.39, 0.29) is 0 Å². The van der Waals surface area contributed by atoms with Gasteiger partial charge in [0.2, 0.25) is 0 Å². The van der Waals surface area contributed by atoms with E-state index in [1.807, 2.05) is 0 Å². The first-order valence-corrected chi connectivity index (χ1v) is 7.48. The van der Waals surface area contributed by atoms with E-state index in [1.54, 1.807) is 11.3 Å². The number of benzene rings is 1. The maximum atomic E-state index is 5.73. The molecule has 4 heteroatoms. The van der Waals surface area contributed by atoms with Crippen molar-refractivity contribution in [2.45, 2.75) is 25.7 Å². The summed E-state index contributed by atoms with van der Waals surface area (Å²) in [5.41, 5.74) is 8.18. The number of nitrogens with one attached hydrogen (secondary N) is 1.